The molecule has 3 heteroatoms. The molecule has 0 radical (unpaired) electrons. The molecule has 1 atom stereocenters. The van der Waals surface area contributed by atoms with Crippen LogP contribution in [-0.2, 0) is 0 Å². The molecule has 0 aromatic rings. The van der Waals surface area contributed by atoms with Gasteiger partial charge in [-0.15, -0.1) is 4.71 Å². The van der Waals surface area contributed by atoms with Gasteiger partial charge in [0.05, 0.1) is 19.1 Å². The lowest BCUT2D eigenvalue weighted by molar-refractivity contribution is -1.07. The van der Waals surface area contributed by atoms with Crippen molar-refractivity contribution in [1.29, 1.82) is 0 Å². The van der Waals surface area contributed by atoms with E-state index >= 15 is 0 Å². The summed E-state index contributed by atoms with van der Waals surface area (Å²) < 4.78 is 13.3. The van der Waals surface area contributed by atoms with Gasteiger partial charge in [0.1, 0.15) is 19.6 Å². The molecule has 0 aromatic carbocycles. The molecule has 10 heavy (non-hydrogen) atoms. The number of piperazine rings is 3. The van der Waals surface area contributed by atoms with Crippen LogP contribution in [0.1, 0.15) is 6.92 Å². The maximum absolute atomic E-state index is 13.5. The normalized spacial score (nSPS) is 53.4. The van der Waals surface area contributed by atoms with E-state index in [2.05, 4.69) is 11.8 Å². The standard InChI is InChI=1S/C7H14FN2/c1-7-6-10(8)4-2-9(7)3-5-10/h7H,2-6H2,1H3/q+1. The van der Waals surface area contributed by atoms with Gasteiger partial charge in [-0.2, -0.15) is 0 Å². The molecule has 0 amide bonds. The highest BCUT2D eigenvalue weighted by molar-refractivity contribution is 4.75. The van der Waals surface area contributed by atoms with Crippen LogP contribution < -0.4 is 0 Å². The Morgan fingerprint density at radius 3 is 2.30 bits per heavy atom. The molecule has 0 spiro atoms. The Balaban J connectivity index is 2.14. The van der Waals surface area contributed by atoms with Gasteiger partial charge in [-0.05, 0) is 11.4 Å². The van der Waals surface area contributed by atoms with Crippen LogP contribution in [0.3, 0.4) is 0 Å². The lowest BCUT2D eigenvalue weighted by Crippen LogP contribution is -2.66. The van der Waals surface area contributed by atoms with E-state index in [1.54, 1.807) is 0 Å². The van der Waals surface area contributed by atoms with Gasteiger partial charge in [0.2, 0.25) is 0 Å². The molecule has 3 aliphatic heterocycles. The fraction of sp³-hybridized carbons (Fsp3) is 1.00. The fourth-order valence-electron chi connectivity index (χ4n) is 2.05. The van der Waals surface area contributed by atoms with Gasteiger partial charge in [-0.3, -0.25) is 4.90 Å². The van der Waals surface area contributed by atoms with E-state index in [0.717, 1.165) is 13.1 Å². The zero-order valence-electron chi connectivity index (χ0n) is 6.39. The summed E-state index contributed by atoms with van der Waals surface area (Å²) in [4.78, 5) is 2.37. The number of hydrogen-bond donors (Lipinski definition) is 0. The summed E-state index contributed by atoms with van der Waals surface area (Å²) >= 11 is 0. The zero-order valence-corrected chi connectivity index (χ0v) is 6.39. The van der Waals surface area contributed by atoms with E-state index in [4.69, 9.17) is 0 Å². The molecule has 0 saturated carbocycles. The molecule has 2 bridgehead atoms. The third-order valence-corrected chi connectivity index (χ3v) is 2.79. The second-order valence-electron chi connectivity index (χ2n) is 3.54. The number of hydrogen-bond acceptors (Lipinski definition) is 1. The van der Waals surface area contributed by atoms with Crippen LogP contribution >= 0.6 is 0 Å². The molecule has 3 rings (SSSR count). The van der Waals surface area contributed by atoms with E-state index in [1.807, 2.05) is 0 Å². The Bertz CT molecular complexity index is 141. The van der Waals surface area contributed by atoms with Crippen molar-refractivity contribution >= 4 is 0 Å². The van der Waals surface area contributed by atoms with Crippen molar-refractivity contribution in [2.75, 3.05) is 32.7 Å². The average molecular weight is 145 g/mol. The van der Waals surface area contributed by atoms with Crippen molar-refractivity contribution < 1.29 is 9.19 Å². The van der Waals surface area contributed by atoms with Crippen molar-refractivity contribution in [3.8, 4) is 0 Å². The van der Waals surface area contributed by atoms with E-state index in [9.17, 15) is 4.48 Å². The molecule has 0 aliphatic carbocycles. The summed E-state index contributed by atoms with van der Waals surface area (Å²) in [6, 6.07) is 0.465. The van der Waals surface area contributed by atoms with Crippen LogP contribution in [-0.4, -0.2) is 48.4 Å². The minimum Gasteiger partial charge on any atom is -0.284 e. The van der Waals surface area contributed by atoms with Crippen molar-refractivity contribution in [3.63, 3.8) is 0 Å². The molecule has 3 aliphatic rings. The summed E-state index contributed by atoms with van der Waals surface area (Å²) in [6.07, 6.45) is 0. The highest BCUT2D eigenvalue weighted by Crippen LogP contribution is 2.23. The fourth-order valence-corrected chi connectivity index (χ4v) is 2.05. The molecule has 3 saturated heterocycles. The Hall–Kier alpha value is -0.150. The predicted molar refractivity (Wildman–Crippen MR) is 37.0 cm³/mol. The largest absolute Gasteiger partial charge is 0.284 e. The molecule has 0 aromatic heterocycles. The van der Waals surface area contributed by atoms with Crippen molar-refractivity contribution in [1.82, 2.24) is 4.90 Å². The second-order valence-corrected chi connectivity index (χ2v) is 3.54. The Kier molecular flexibility index (Phi) is 1.26. The number of rotatable bonds is 0. The summed E-state index contributed by atoms with van der Waals surface area (Å²) in [6.45, 7) is 6.16. The minimum atomic E-state index is -0.169. The minimum absolute atomic E-state index is 0.169. The highest BCUT2D eigenvalue weighted by atomic mass is 19.2. The van der Waals surface area contributed by atoms with Crippen LogP contribution in [0.2, 0.25) is 0 Å². The second kappa shape index (κ2) is 1.92. The van der Waals surface area contributed by atoms with Crippen LogP contribution in [0.5, 0.6) is 0 Å². The third-order valence-electron chi connectivity index (χ3n) is 2.79. The first-order chi connectivity index (χ1) is 4.70. The third kappa shape index (κ3) is 0.847. The van der Waals surface area contributed by atoms with Gasteiger partial charge in [0.15, 0.2) is 0 Å². The first kappa shape index (κ1) is 6.55. The molecule has 3 heterocycles. The number of nitrogens with zero attached hydrogens (tertiary/aromatic N) is 2. The SMILES string of the molecule is CC1C[N+]2(F)CCN1CC2. The monoisotopic (exact) mass is 145 g/mol. The highest BCUT2D eigenvalue weighted by Gasteiger charge is 2.43. The molecular formula is C7H14FN2+. The van der Waals surface area contributed by atoms with E-state index < -0.39 is 0 Å². The molecule has 2 nitrogen and oxygen atoms in total. The van der Waals surface area contributed by atoms with Gasteiger partial charge >= 0.3 is 0 Å². The maximum Gasteiger partial charge on any atom is 0.130 e. The molecule has 3 fully saturated rings. The Morgan fingerprint density at radius 1 is 1.40 bits per heavy atom. The topological polar surface area (TPSA) is 3.24 Å². The first-order valence-corrected chi connectivity index (χ1v) is 3.99. The average Bonchev–Trinajstić information content (AvgIpc) is 1.87. The molecular weight excluding hydrogens is 131 g/mol. The quantitative estimate of drug-likeness (QED) is 0.446. The Labute approximate surface area is 60.7 Å². The van der Waals surface area contributed by atoms with Crippen LogP contribution in [0, 0.1) is 0 Å². The number of quaternary nitrogens is 1. The smallest absolute Gasteiger partial charge is 0.130 e. The zero-order chi connectivity index (χ0) is 7.19. The van der Waals surface area contributed by atoms with Crippen LogP contribution in [0.4, 0.5) is 4.48 Å². The lowest BCUT2D eigenvalue weighted by Gasteiger charge is -2.46. The van der Waals surface area contributed by atoms with Crippen molar-refractivity contribution in [3.05, 3.63) is 0 Å². The van der Waals surface area contributed by atoms with Gasteiger partial charge in [-0.1, -0.05) is 0 Å². The van der Waals surface area contributed by atoms with E-state index in [1.165, 1.54) is 0 Å². The predicted octanol–water partition coefficient (Wildman–Crippen LogP) is 0.405. The van der Waals surface area contributed by atoms with Gasteiger partial charge in [0.25, 0.3) is 0 Å². The molecule has 0 N–H and O–H groups in total. The summed E-state index contributed by atoms with van der Waals surface area (Å²) in [7, 11) is 0. The Morgan fingerprint density at radius 2 is 2.00 bits per heavy atom. The lowest BCUT2D eigenvalue weighted by atomic mass is 10.1. The summed E-state index contributed by atoms with van der Waals surface area (Å²) in [5, 5.41) is 0. The van der Waals surface area contributed by atoms with Crippen molar-refractivity contribution in [2.24, 2.45) is 0 Å². The van der Waals surface area contributed by atoms with Crippen LogP contribution in [0.15, 0.2) is 0 Å². The maximum atomic E-state index is 13.5. The molecule has 58 valence electrons. The van der Waals surface area contributed by atoms with Gasteiger partial charge in [0, 0.05) is 0 Å². The number of halogens is 1. The summed E-state index contributed by atoms with van der Waals surface area (Å²) in [5.74, 6) is 0. The van der Waals surface area contributed by atoms with E-state index in [0.29, 0.717) is 25.7 Å². The number of fused-ring (bicyclic) bond motifs is 3. The molecule has 1 unspecified atom stereocenters. The first-order valence-electron chi connectivity index (χ1n) is 3.99. The van der Waals surface area contributed by atoms with Crippen LogP contribution in [0.25, 0.3) is 0 Å². The summed E-state index contributed by atoms with van der Waals surface area (Å²) in [5.41, 5.74) is 0. The van der Waals surface area contributed by atoms with E-state index in [-0.39, 0.29) is 4.71 Å². The van der Waals surface area contributed by atoms with Crippen molar-refractivity contribution in [2.45, 2.75) is 13.0 Å². The van der Waals surface area contributed by atoms with Gasteiger partial charge in [-0.25, -0.2) is 0 Å². The van der Waals surface area contributed by atoms with Gasteiger partial charge < -0.3 is 0 Å².